The molecule has 0 spiro atoms. The third kappa shape index (κ3) is 3.48. The van der Waals surface area contributed by atoms with Gasteiger partial charge in [0.25, 0.3) is 0 Å². The highest BCUT2D eigenvalue weighted by molar-refractivity contribution is 4.88. The summed E-state index contributed by atoms with van der Waals surface area (Å²) in [5.41, 5.74) is 0. The van der Waals surface area contributed by atoms with Crippen molar-refractivity contribution in [3.05, 3.63) is 0 Å². The number of hydrogen-bond donors (Lipinski definition) is 0. The zero-order valence-electron chi connectivity index (χ0n) is 13.0. The largest absolute Gasteiger partial charge is 0.0651 e. The molecule has 1 saturated carbocycles. The van der Waals surface area contributed by atoms with Crippen molar-refractivity contribution in [2.24, 2.45) is 35.5 Å². The van der Waals surface area contributed by atoms with E-state index < -0.39 is 0 Å². The van der Waals surface area contributed by atoms with Crippen LogP contribution in [-0.2, 0) is 0 Å². The summed E-state index contributed by atoms with van der Waals surface area (Å²) in [5.74, 6) is 5.80. The molecule has 0 aliphatic heterocycles. The van der Waals surface area contributed by atoms with E-state index in [0.29, 0.717) is 0 Å². The number of rotatable bonds is 5. The van der Waals surface area contributed by atoms with Crippen LogP contribution in [0.5, 0.6) is 0 Å². The summed E-state index contributed by atoms with van der Waals surface area (Å²) >= 11 is 0. The van der Waals surface area contributed by atoms with Crippen LogP contribution in [-0.4, -0.2) is 0 Å². The fraction of sp³-hybridized carbons (Fsp3) is 1.00. The Hall–Kier alpha value is 0. The van der Waals surface area contributed by atoms with Crippen LogP contribution in [0, 0.1) is 35.5 Å². The normalized spacial score (nSPS) is 36.2. The van der Waals surface area contributed by atoms with Crippen molar-refractivity contribution < 1.29 is 0 Å². The van der Waals surface area contributed by atoms with Gasteiger partial charge in [-0.3, -0.25) is 0 Å². The lowest BCUT2D eigenvalue weighted by atomic mass is 9.60. The molecular formula is C17H34. The van der Waals surface area contributed by atoms with Gasteiger partial charge < -0.3 is 0 Å². The lowest BCUT2D eigenvalue weighted by Gasteiger charge is -2.45. The fourth-order valence-electron chi connectivity index (χ4n) is 4.14. The summed E-state index contributed by atoms with van der Waals surface area (Å²) in [6, 6.07) is 0. The van der Waals surface area contributed by atoms with Crippen molar-refractivity contribution in [3.8, 4) is 0 Å². The quantitative estimate of drug-likeness (QED) is 0.570. The molecular weight excluding hydrogens is 204 g/mol. The first kappa shape index (κ1) is 15.1. The third-order valence-electron chi connectivity index (χ3n) is 5.65. The zero-order valence-corrected chi connectivity index (χ0v) is 13.0. The topological polar surface area (TPSA) is 0 Å². The van der Waals surface area contributed by atoms with Gasteiger partial charge in [0.05, 0.1) is 0 Å². The molecule has 1 fully saturated rings. The van der Waals surface area contributed by atoms with E-state index in [1.54, 1.807) is 0 Å². The summed E-state index contributed by atoms with van der Waals surface area (Å²) < 4.78 is 0. The number of hydrogen-bond acceptors (Lipinski definition) is 0. The van der Waals surface area contributed by atoms with Gasteiger partial charge in [0, 0.05) is 0 Å². The van der Waals surface area contributed by atoms with Gasteiger partial charge in [0.15, 0.2) is 0 Å². The molecule has 5 atom stereocenters. The van der Waals surface area contributed by atoms with Crippen LogP contribution in [0.1, 0.15) is 73.6 Å². The average Bonchev–Trinajstić information content (AvgIpc) is 2.35. The third-order valence-corrected chi connectivity index (χ3v) is 5.65. The summed E-state index contributed by atoms with van der Waals surface area (Å²) in [6.07, 6.45) is 7.16. The Balaban J connectivity index is 2.81. The predicted octanol–water partition coefficient (Wildman–Crippen LogP) is 5.77. The van der Waals surface area contributed by atoms with Gasteiger partial charge >= 0.3 is 0 Å². The lowest BCUT2D eigenvalue weighted by Crippen LogP contribution is -2.37. The molecule has 0 N–H and O–H groups in total. The molecule has 17 heavy (non-hydrogen) atoms. The fourth-order valence-corrected chi connectivity index (χ4v) is 4.14. The molecule has 0 aromatic carbocycles. The first-order valence-electron chi connectivity index (χ1n) is 8.04. The van der Waals surface area contributed by atoms with Gasteiger partial charge in [-0.2, -0.15) is 0 Å². The van der Waals surface area contributed by atoms with Crippen molar-refractivity contribution in [3.63, 3.8) is 0 Å². The monoisotopic (exact) mass is 238 g/mol. The molecule has 1 aliphatic carbocycles. The van der Waals surface area contributed by atoms with Crippen LogP contribution in [0.4, 0.5) is 0 Å². The SMILES string of the molecule is CCC(C)C1CC(C(C)C)CC(CC)C1CC. The maximum Gasteiger partial charge on any atom is -0.0355 e. The van der Waals surface area contributed by atoms with Gasteiger partial charge in [-0.1, -0.05) is 60.8 Å². The van der Waals surface area contributed by atoms with E-state index >= 15 is 0 Å². The minimum atomic E-state index is 0.883. The molecule has 0 radical (unpaired) electrons. The Morgan fingerprint density at radius 3 is 2.00 bits per heavy atom. The van der Waals surface area contributed by atoms with E-state index in [1.165, 1.54) is 32.1 Å². The van der Waals surface area contributed by atoms with E-state index in [2.05, 4.69) is 41.5 Å². The van der Waals surface area contributed by atoms with Crippen LogP contribution in [0.3, 0.4) is 0 Å². The summed E-state index contributed by atoms with van der Waals surface area (Å²) in [7, 11) is 0. The Bertz CT molecular complexity index is 206. The standard InChI is InChI=1S/C17H34/c1-7-13(6)17-11-15(12(4)5)10-14(8-2)16(17)9-3/h12-17H,7-11H2,1-6H3. The van der Waals surface area contributed by atoms with Gasteiger partial charge in [0.1, 0.15) is 0 Å². The molecule has 5 unspecified atom stereocenters. The van der Waals surface area contributed by atoms with Crippen molar-refractivity contribution in [2.75, 3.05) is 0 Å². The van der Waals surface area contributed by atoms with E-state index in [4.69, 9.17) is 0 Å². The smallest absolute Gasteiger partial charge is 0.0355 e. The molecule has 0 aromatic heterocycles. The average molecular weight is 238 g/mol. The Kier molecular flexibility index (Phi) is 6.03. The predicted molar refractivity (Wildman–Crippen MR) is 78.1 cm³/mol. The first-order chi connectivity index (χ1) is 8.04. The molecule has 0 heteroatoms. The maximum absolute atomic E-state index is 2.49. The van der Waals surface area contributed by atoms with Crippen LogP contribution in [0.25, 0.3) is 0 Å². The highest BCUT2D eigenvalue weighted by Crippen LogP contribution is 2.47. The Morgan fingerprint density at radius 2 is 1.59 bits per heavy atom. The maximum atomic E-state index is 2.49. The van der Waals surface area contributed by atoms with Crippen LogP contribution >= 0.6 is 0 Å². The molecule has 1 aliphatic rings. The van der Waals surface area contributed by atoms with Crippen molar-refractivity contribution in [1.29, 1.82) is 0 Å². The van der Waals surface area contributed by atoms with E-state index in [-0.39, 0.29) is 0 Å². The summed E-state index contributed by atoms with van der Waals surface area (Å²) in [5, 5.41) is 0. The molecule has 102 valence electrons. The molecule has 0 bridgehead atoms. The first-order valence-corrected chi connectivity index (χ1v) is 8.04. The van der Waals surface area contributed by atoms with Gasteiger partial charge in [-0.05, 0) is 48.3 Å². The molecule has 0 aromatic rings. The summed E-state index contributed by atoms with van der Waals surface area (Å²) in [4.78, 5) is 0. The Labute approximate surface area is 110 Å². The minimum Gasteiger partial charge on any atom is -0.0651 e. The van der Waals surface area contributed by atoms with Gasteiger partial charge in [-0.25, -0.2) is 0 Å². The minimum absolute atomic E-state index is 0.883. The van der Waals surface area contributed by atoms with Crippen molar-refractivity contribution in [2.45, 2.75) is 73.6 Å². The highest BCUT2D eigenvalue weighted by Gasteiger charge is 2.38. The molecule has 0 nitrogen and oxygen atoms in total. The van der Waals surface area contributed by atoms with Gasteiger partial charge in [-0.15, -0.1) is 0 Å². The van der Waals surface area contributed by atoms with Crippen LogP contribution in [0.2, 0.25) is 0 Å². The Morgan fingerprint density at radius 1 is 0.941 bits per heavy atom. The van der Waals surface area contributed by atoms with Crippen LogP contribution < -0.4 is 0 Å². The van der Waals surface area contributed by atoms with Gasteiger partial charge in [0.2, 0.25) is 0 Å². The van der Waals surface area contributed by atoms with E-state index in [9.17, 15) is 0 Å². The molecule has 0 amide bonds. The second-order valence-corrected chi connectivity index (χ2v) is 6.77. The summed E-state index contributed by atoms with van der Waals surface area (Å²) in [6.45, 7) is 14.5. The lowest BCUT2D eigenvalue weighted by molar-refractivity contribution is 0.0440. The van der Waals surface area contributed by atoms with Crippen molar-refractivity contribution in [1.82, 2.24) is 0 Å². The van der Waals surface area contributed by atoms with E-state index in [1.807, 2.05) is 0 Å². The molecule has 0 saturated heterocycles. The molecule has 0 heterocycles. The highest BCUT2D eigenvalue weighted by atomic mass is 14.4. The molecule has 1 rings (SSSR count). The van der Waals surface area contributed by atoms with Crippen LogP contribution in [0.15, 0.2) is 0 Å². The second-order valence-electron chi connectivity index (χ2n) is 6.77. The zero-order chi connectivity index (χ0) is 13.0. The van der Waals surface area contributed by atoms with Crippen molar-refractivity contribution >= 4 is 0 Å². The van der Waals surface area contributed by atoms with E-state index in [0.717, 1.165) is 35.5 Å². The second kappa shape index (κ2) is 6.81.